The third kappa shape index (κ3) is 10.6. The summed E-state index contributed by atoms with van der Waals surface area (Å²) in [5, 5.41) is 33.5. The predicted octanol–water partition coefficient (Wildman–Crippen LogP) is 7.23. The van der Waals surface area contributed by atoms with Crippen LogP contribution in [-0.2, 0) is 16.0 Å². The summed E-state index contributed by atoms with van der Waals surface area (Å²) < 4.78 is 12.4. The summed E-state index contributed by atoms with van der Waals surface area (Å²) in [7, 11) is 5.11. The van der Waals surface area contributed by atoms with Crippen LogP contribution in [0, 0.1) is 5.92 Å². The van der Waals surface area contributed by atoms with E-state index in [-0.39, 0.29) is 35.1 Å². The second kappa shape index (κ2) is 18.7. The quantitative estimate of drug-likeness (QED) is 0.0868. The molecule has 0 bridgehead atoms. The second-order valence-corrected chi connectivity index (χ2v) is 13.3. The van der Waals surface area contributed by atoms with Crippen LogP contribution in [0.2, 0.25) is 0 Å². The van der Waals surface area contributed by atoms with Crippen molar-refractivity contribution in [3.8, 4) is 17.2 Å². The minimum atomic E-state index is -0.942. The van der Waals surface area contributed by atoms with E-state index in [1.807, 2.05) is 79.3 Å². The Kier molecular flexibility index (Phi) is 14.1. The number of amides is 1. The van der Waals surface area contributed by atoms with Crippen LogP contribution < -0.4 is 24.7 Å². The van der Waals surface area contributed by atoms with Crippen molar-refractivity contribution in [1.82, 2.24) is 19.7 Å². The molecular weight excluding hydrogens is 688 g/mol. The zero-order chi connectivity index (χ0) is 39.4. The molecule has 0 fully saturated rings. The first-order valence-corrected chi connectivity index (χ1v) is 18.0. The zero-order valence-corrected chi connectivity index (χ0v) is 32.0. The van der Waals surface area contributed by atoms with Crippen LogP contribution in [0.3, 0.4) is 0 Å². The van der Waals surface area contributed by atoms with Crippen LogP contribution in [0.4, 0.5) is 11.4 Å². The number of ether oxygens (including phenoxy) is 2. The summed E-state index contributed by atoms with van der Waals surface area (Å²) in [6.07, 6.45) is 5.96. The second-order valence-electron chi connectivity index (χ2n) is 13.3. The lowest BCUT2D eigenvalue weighted by atomic mass is 9.96. The van der Waals surface area contributed by atoms with Crippen LogP contribution in [0.25, 0.3) is 5.69 Å². The van der Waals surface area contributed by atoms with Crippen LogP contribution in [-0.4, -0.2) is 71.4 Å². The number of hydrogen-bond acceptors (Lipinski definition) is 8. The van der Waals surface area contributed by atoms with E-state index < -0.39 is 11.9 Å². The predicted molar refractivity (Wildman–Crippen MR) is 210 cm³/mol. The molecule has 5 rings (SSSR count). The lowest BCUT2D eigenvalue weighted by molar-refractivity contribution is -0.137. The van der Waals surface area contributed by atoms with Gasteiger partial charge in [-0.25, -0.2) is 9.48 Å². The summed E-state index contributed by atoms with van der Waals surface area (Å²) >= 11 is 0. The van der Waals surface area contributed by atoms with Gasteiger partial charge in [-0.1, -0.05) is 32.8 Å². The van der Waals surface area contributed by atoms with Crippen LogP contribution in [0.5, 0.6) is 11.5 Å². The molecule has 1 aliphatic heterocycles. The molecule has 13 nitrogen and oxygen atoms in total. The molecule has 3 aromatic carbocycles. The summed E-state index contributed by atoms with van der Waals surface area (Å²) in [5.74, 6) is -0.142. The van der Waals surface area contributed by atoms with Gasteiger partial charge in [0.25, 0.3) is 5.91 Å². The Morgan fingerprint density at radius 2 is 1.48 bits per heavy atom. The van der Waals surface area contributed by atoms with Crippen LogP contribution >= 0.6 is 0 Å². The zero-order valence-electron chi connectivity index (χ0n) is 32.0. The fourth-order valence-electron chi connectivity index (χ4n) is 6.01. The topological polar surface area (TPSA) is 164 Å². The van der Waals surface area contributed by atoms with E-state index in [0.717, 1.165) is 52.7 Å². The summed E-state index contributed by atoms with van der Waals surface area (Å²) in [5.41, 5.74) is 6.32. The molecule has 0 saturated carbocycles. The molecule has 0 radical (unpaired) electrons. The summed E-state index contributed by atoms with van der Waals surface area (Å²) in [4.78, 5) is 34.1. The molecule has 0 saturated heterocycles. The Bertz CT molecular complexity index is 1950. The molecule has 1 aliphatic rings. The molecule has 286 valence electrons. The number of carbonyl (C=O) groups is 3. The molecule has 2 unspecified atom stereocenters. The lowest BCUT2D eigenvalue weighted by Crippen LogP contribution is -2.30. The first-order valence-electron chi connectivity index (χ1n) is 18.0. The Morgan fingerprint density at radius 3 is 1.98 bits per heavy atom. The number of aromatic nitrogens is 2. The molecule has 2 heterocycles. The number of rotatable bonds is 16. The average molecular weight is 740 g/mol. The smallest absolute Gasteiger partial charge is 0.343 e. The normalized spacial score (nSPS) is 15.3. The van der Waals surface area contributed by atoms with Crippen LogP contribution in [0.15, 0.2) is 95.9 Å². The highest BCUT2D eigenvalue weighted by atomic mass is 16.5. The molecule has 1 amide bonds. The number of carbonyl (C=O) groups excluding carboxylic acids is 1. The van der Waals surface area contributed by atoms with E-state index in [2.05, 4.69) is 42.7 Å². The third-order valence-electron chi connectivity index (χ3n) is 8.87. The van der Waals surface area contributed by atoms with Gasteiger partial charge in [0, 0.05) is 41.7 Å². The molecule has 4 aromatic rings. The maximum Gasteiger partial charge on any atom is 0.343 e. The highest BCUT2D eigenvalue weighted by Gasteiger charge is 2.35. The molecule has 0 aliphatic carbocycles. The fourth-order valence-corrected chi connectivity index (χ4v) is 6.01. The number of carboxylic acid groups (broad SMARTS) is 2. The van der Waals surface area contributed by atoms with Gasteiger partial charge in [-0.05, 0) is 85.8 Å². The standard InChI is InChI=1S/C27H34N4O4.C14H16N2O3/c1-5-24-23(17-31(30-24)21-10-12-22(35-4)13-11-21)25(16-18(2)3)29-20-8-6-19(7-9-20)27(34)28-15-14-26(32)33;1-4-13-12(14(17)18)9-16(2,15-13)10-5-7-11(19-3)8-6-10/h6-13,17-18,25,29H,5,14-16H2,1-4H3,(H,28,34)(H,32,33);5-9H,4H2,1-3H3/p+1. The number of nitrogens with one attached hydrogen (secondary N) is 2. The third-order valence-corrected chi connectivity index (χ3v) is 8.87. The van der Waals surface area contributed by atoms with Gasteiger partial charge in [0.05, 0.1) is 38.1 Å². The van der Waals surface area contributed by atoms with E-state index in [4.69, 9.17) is 19.7 Å². The van der Waals surface area contributed by atoms with Crippen molar-refractivity contribution in [3.63, 3.8) is 0 Å². The highest BCUT2D eigenvalue weighted by molar-refractivity contribution is 6.20. The summed E-state index contributed by atoms with van der Waals surface area (Å²) in [6.45, 7) is 8.49. The van der Waals surface area contributed by atoms with Crippen molar-refractivity contribution in [2.75, 3.05) is 33.1 Å². The largest absolute Gasteiger partial charge is 0.497 e. The average Bonchev–Trinajstić information content (AvgIpc) is 3.77. The summed E-state index contributed by atoms with van der Waals surface area (Å²) in [6, 6.07) is 22.5. The minimum Gasteiger partial charge on any atom is -0.497 e. The van der Waals surface area contributed by atoms with Gasteiger partial charge >= 0.3 is 11.9 Å². The number of hydrogen-bond donors (Lipinski definition) is 4. The number of methoxy groups -OCH3 is 2. The number of carboxylic acids is 2. The molecule has 0 spiro atoms. The van der Waals surface area contributed by atoms with Crippen molar-refractivity contribution in [2.24, 2.45) is 11.0 Å². The number of aryl methyl sites for hydroxylation is 1. The van der Waals surface area contributed by atoms with Crippen molar-refractivity contribution in [1.29, 1.82) is 0 Å². The highest BCUT2D eigenvalue weighted by Crippen LogP contribution is 2.32. The van der Waals surface area contributed by atoms with Gasteiger partial charge in [-0.2, -0.15) is 5.10 Å². The number of quaternary nitrogens is 1. The van der Waals surface area contributed by atoms with E-state index in [0.29, 0.717) is 23.6 Å². The SMILES string of the molecule is CCC1=N[N+](C)(c2ccc(OC)cc2)C=C1C(=O)O.CCc1nn(-c2ccc(OC)cc2)cc1C(CC(C)C)Nc1ccc(C(=O)NCCC(=O)O)cc1. The Morgan fingerprint density at radius 1 is 0.870 bits per heavy atom. The molecular formula is C41H51N6O7+. The van der Waals surface area contributed by atoms with E-state index in [1.54, 1.807) is 32.6 Å². The van der Waals surface area contributed by atoms with Gasteiger partial charge in [0.2, 0.25) is 0 Å². The molecule has 13 heteroatoms. The lowest BCUT2D eigenvalue weighted by Gasteiger charge is -2.22. The molecule has 54 heavy (non-hydrogen) atoms. The van der Waals surface area contributed by atoms with Crippen molar-refractivity contribution < 1.29 is 34.1 Å². The first-order chi connectivity index (χ1) is 25.8. The maximum absolute atomic E-state index is 12.2. The number of anilines is 1. The van der Waals surface area contributed by atoms with Gasteiger partial charge < -0.3 is 30.3 Å². The van der Waals surface area contributed by atoms with Crippen molar-refractivity contribution >= 4 is 34.9 Å². The monoisotopic (exact) mass is 739 g/mol. The Labute approximate surface area is 316 Å². The number of nitrogens with zero attached hydrogens (tertiary/aromatic N) is 4. The molecule has 4 N–H and O–H groups in total. The van der Waals surface area contributed by atoms with E-state index in [9.17, 15) is 19.5 Å². The van der Waals surface area contributed by atoms with E-state index in [1.165, 1.54) is 0 Å². The Hall–Kier alpha value is -5.95. The van der Waals surface area contributed by atoms with E-state index >= 15 is 0 Å². The van der Waals surface area contributed by atoms with Crippen molar-refractivity contribution in [2.45, 2.75) is 59.4 Å². The molecule has 1 aromatic heterocycles. The number of benzene rings is 3. The van der Waals surface area contributed by atoms with Gasteiger partial charge in [0.1, 0.15) is 36.0 Å². The van der Waals surface area contributed by atoms with Gasteiger partial charge in [-0.3, -0.25) is 9.59 Å². The maximum atomic E-state index is 12.2. The van der Waals surface area contributed by atoms with Crippen LogP contribution in [0.1, 0.15) is 74.6 Å². The molecule has 2 atom stereocenters. The fraction of sp³-hybridized carbons (Fsp3) is 0.341. The first kappa shape index (κ1) is 40.8. The number of aliphatic carboxylic acids is 2. The van der Waals surface area contributed by atoms with Gasteiger partial charge in [0.15, 0.2) is 5.69 Å². The van der Waals surface area contributed by atoms with Gasteiger partial charge in [-0.15, -0.1) is 4.59 Å². The Balaban J connectivity index is 0.000000287. The minimum absolute atomic E-state index is 0.0483. The van der Waals surface area contributed by atoms with Crippen molar-refractivity contribution in [3.05, 3.63) is 108 Å².